The number of thioether (sulfide) groups is 1. The summed E-state index contributed by atoms with van der Waals surface area (Å²) in [6.45, 7) is 8.34. The molecule has 0 aromatic carbocycles. The van der Waals surface area contributed by atoms with E-state index in [1.165, 1.54) is 35.0 Å². The highest BCUT2D eigenvalue weighted by Gasteiger charge is 2.24. The minimum atomic E-state index is 0.608. The van der Waals surface area contributed by atoms with Crippen molar-refractivity contribution in [2.45, 2.75) is 51.1 Å². The molecule has 1 aliphatic carbocycles. The van der Waals surface area contributed by atoms with Crippen molar-refractivity contribution in [3.8, 4) is 0 Å². The Hall–Kier alpha value is -1.99. The molecule has 0 aliphatic heterocycles. The third-order valence-corrected chi connectivity index (χ3v) is 7.33. The Morgan fingerprint density at radius 2 is 2.07 bits per heavy atom. The largest absolute Gasteiger partial charge is 0.259 e. The van der Waals surface area contributed by atoms with Gasteiger partial charge in [0.2, 0.25) is 0 Å². The van der Waals surface area contributed by atoms with E-state index in [1.54, 1.807) is 23.1 Å². The molecule has 0 N–H and O–H groups in total. The van der Waals surface area contributed by atoms with Crippen LogP contribution < -0.4 is 0 Å². The first-order valence-electron chi connectivity index (χ1n) is 9.87. The zero-order chi connectivity index (χ0) is 19.3. The van der Waals surface area contributed by atoms with Crippen molar-refractivity contribution < 1.29 is 0 Å². The molecule has 0 bridgehead atoms. The Morgan fingerprint density at radius 3 is 2.86 bits per heavy atom. The summed E-state index contributed by atoms with van der Waals surface area (Å²) in [5, 5.41) is 11.0. The number of thiophene rings is 1. The normalized spacial score (nSPS) is 14.4. The third-order valence-electron chi connectivity index (χ3n) is 5.32. The molecule has 0 atom stereocenters. The number of fused-ring (bicyclic) bond motifs is 7. The number of hydrogen-bond acceptors (Lipinski definition) is 6. The van der Waals surface area contributed by atoms with Crippen molar-refractivity contribution >= 4 is 49.2 Å². The Balaban J connectivity index is 1.78. The first kappa shape index (κ1) is 18.1. The lowest BCUT2D eigenvalue weighted by Crippen LogP contribution is -2.11. The minimum Gasteiger partial charge on any atom is -0.259 e. The van der Waals surface area contributed by atoms with E-state index in [1.807, 2.05) is 16.8 Å². The Morgan fingerprint density at radius 1 is 1.25 bits per heavy atom. The van der Waals surface area contributed by atoms with Gasteiger partial charge in [-0.25, -0.2) is 9.97 Å². The first-order chi connectivity index (χ1) is 13.7. The predicted molar refractivity (Wildman–Crippen MR) is 118 cm³/mol. The van der Waals surface area contributed by atoms with Crippen LogP contribution in [0.5, 0.6) is 0 Å². The third kappa shape index (κ3) is 2.83. The van der Waals surface area contributed by atoms with Crippen LogP contribution in [0, 0.1) is 5.92 Å². The predicted octanol–water partition coefficient (Wildman–Crippen LogP) is 5.24. The fraction of sp³-hybridized carbons (Fsp3) is 0.429. The monoisotopic (exact) mass is 409 g/mol. The average Bonchev–Trinajstić information content (AvgIpc) is 3.26. The van der Waals surface area contributed by atoms with Crippen LogP contribution >= 0.6 is 23.1 Å². The summed E-state index contributed by atoms with van der Waals surface area (Å²) < 4.78 is 3.09. The van der Waals surface area contributed by atoms with E-state index in [9.17, 15) is 0 Å². The van der Waals surface area contributed by atoms with Crippen molar-refractivity contribution in [1.29, 1.82) is 0 Å². The van der Waals surface area contributed by atoms with Gasteiger partial charge < -0.3 is 0 Å². The van der Waals surface area contributed by atoms with E-state index in [0.717, 1.165) is 50.9 Å². The fourth-order valence-electron chi connectivity index (χ4n) is 4.16. The number of pyridine rings is 1. The highest BCUT2D eigenvalue weighted by atomic mass is 32.2. The van der Waals surface area contributed by atoms with Gasteiger partial charge in [-0.3, -0.25) is 4.40 Å². The lowest BCUT2D eigenvalue weighted by molar-refractivity contribution is 0.615. The lowest BCUT2D eigenvalue weighted by Gasteiger charge is -2.20. The maximum atomic E-state index is 5.13. The van der Waals surface area contributed by atoms with Gasteiger partial charge >= 0.3 is 0 Å². The lowest BCUT2D eigenvalue weighted by atomic mass is 9.87. The summed E-state index contributed by atoms with van der Waals surface area (Å²) in [7, 11) is 0. The number of aryl methyl sites for hydroxylation is 1. The smallest absolute Gasteiger partial charge is 0.197 e. The molecule has 4 aromatic heterocycles. The van der Waals surface area contributed by atoms with Gasteiger partial charge in [-0.2, -0.15) is 0 Å². The summed E-state index contributed by atoms with van der Waals surface area (Å²) in [4.78, 5) is 11.1. The summed E-state index contributed by atoms with van der Waals surface area (Å²) in [6.07, 6.45) is 9.58. The van der Waals surface area contributed by atoms with Crippen molar-refractivity contribution in [3.05, 3.63) is 35.8 Å². The van der Waals surface area contributed by atoms with Gasteiger partial charge in [0.05, 0.1) is 5.52 Å². The van der Waals surface area contributed by atoms with Crippen LogP contribution in [0.3, 0.4) is 0 Å². The maximum Gasteiger partial charge on any atom is 0.197 e. The Kier molecular flexibility index (Phi) is 4.59. The van der Waals surface area contributed by atoms with E-state index in [2.05, 4.69) is 30.6 Å². The van der Waals surface area contributed by atoms with Crippen LogP contribution in [-0.4, -0.2) is 30.3 Å². The standard InChI is InChI=1S/C21H23N5S2/c1-4-9-27-21-25-24-19-18-17(22-11-26(19)21)16-14-8-6-5-7-13(14)15(10-12(2)3)23-20(16)28-18/h4,11-12H,1,5-10H2,2-3H3. The Labute approximate surface area is 172 Å². The van der Waals surface area contributed by atoms with Crippen LogP contribution in [0.2, 0.25) is 0 Å². The van der Waals surface area contributed by atoms with E-state index < -0.39 is 0 Å². The van der Waals surface area contributed by atoms with Gasteiger partial charge in [0.25, 0.3) is 0 Å². The molecule has 4 aromatic rings. The van der Waals surface area contributed by atoms with E-state index in [-0.39, 0.29) is 0 Å². The van der Waals surface area contributed by atoms with Crippen LogP contribution in [-0.2, 0) is 19.3 Å². The van der Waals surface area contributed by atoms with Gasteiger partial charge in [-0.15, -0.1) is 28.1 Å². The summed E-state index contributed by atoms with van der Waals surface area (Å²) in [5.41, 5.74) is 6.19. The molecule has 5 nitrogen and oxygen atoms in total. The molecule has 0 radical (unpaired) electrons. The molecule has 28 heavy (non-hydrogen) atoms. The maximum absolute atomic E-state index is 5.13. The van der Waals surface area contributed by atoms with Crippen LogP contribution in [0.15, 0.2) is 24.1 Å². The molecular weight excluding hydrogens is 386 g/mol. The molecule has 0 unspecified atom stereocenters. The van der Waals surface area contributed by atoms with E-state index in [4.69, 9.17) is 9.97 Å². The molecule has 0 amide bonds. The highest BCUT2D eigenvalue weighted by molar-refractivity contribution is 7.99. The second kappa shape index (κ2) is 7.12. The number of rotatable bonds is 5. The molecule has 1 aliphatic rings. The zero-order valence-corrected chi connectivity index (χ0v) is 17.9. The van der Waals surface area contributed by atoms with Gasteiger partial charge in [-0.1, -0.05) is 31.7 Å². The van der Waals surface area contributed by atoms with Gasteiger partial charge in [0.1, 0.15) is 15.9 Å². The molecule has 0 fully saturated rings. The summed E-state index contributed by atoms with van der Waals surface area (Å²) in [6, 6.07) is 0. The van der Waals surface area contributed by atoms with Gasteiger partial charge in [0.15, 0.2) is 10.8 Å². The SMILES string of the molecule is C=CCSc1nnc2c3sc4nc(CC(C)C)c5c(c4c3ncn12)CCCC5. The van der Waals surface area contributed by atoms with E-state index >= 15 is 0 Å². The molecule has 7 heteroatoms. The number of aromatic nitrogens is 5. The van der Waals surface area contributed by atoms with Crippen LogP contribution in [0.4, 0.5) is 0 Å². The second-order valence-electron chi connectivity index (χ2n) is 7.80. The van der Waals surface area contributed by atoms with Crippen molar-refractivity contribution in [1.82, 2.24) is 24.6 Å². The molecule has 0 saturated carbocycles. The summed E-state index contributed by atoms with van der Waals surface area (Å²) >= 11 is 3.34. The number of hydrogen-bond donors (Lipinski definition) is 0. The van der Waals surface area contributed by atoms with Crippen LogP contribution in [0.1, 0.15) is 43.5 Å². The van der Waals surface area contributed by atoms with Gasteiger partial charge in [-0.05, 0) is 49.1 Å². The van der Waals surface area contributed by atoms with Gasteiger partial charge in [0, 0.05) is 16.8 Å². The molecule has 0 saturated heterocycles. The molecule has 144 valence electrons. The molecule has 4 heterocycles. The zero-order valence-electron chi connectivity index (χ0n) is 16.2. The molecular formula is C21H23N5S2. The molecule has 5 rings (SSSR count). The van der Waals surface area contributed by atoms with Crippen molar-refractivity contribution in [2.24, 2.45) is 5.92 Å². The first-order valence-corrected chi connectivity index (χ1v) is 11.7. The van der Waals surface area contributed by atoms with Crippen molar-refractivity contribution in [2.75, 3.05) is 5.75 Å². The summed E-state index contributed by atoms with van der Waals surface area (Å²) in [5.74, 6) is 1.41. The quantitative estimate of drug-likeness (QED) is 0.333. The molecule has 0 spiro atoms. The second-order valence-corrected chi connectivity index (χ2v) is 9.79. The van der Waals surface area contributed by atoms with Crippen LogP contribution in [0.25, 0.3) is 26.1 Å². The topological polar surface area (TPSA) is 56.0 Å². The Bertz CT molecular complexity index is 1200. The van der Waals surface area contributed by atoms with Crippen molar-refractivity contribution in [3.63, 3.8) is 0 Å². The van der Waals surface area contributed by atoms with E-state index in [0.29, 0.717) is 5.92 Å². The fourth-order valence-corrected chi connectivity index (χ4v) is 5.96. The number of nitrogens with zero attached hydrogens (tertiary/aromatic N) is 5. The minimum absolute atomic E-state index is 0.608. The average molecular weight is 410 g/mol. The highest BCUT2D eigenvalue weighted by Crippen LogP contribution is 2.40.